The first-order valence-corrected chi connectivity index (χ1v) is 7.21. The van der Waals surface area contributed by atoms with Gasteiger partial charge in [0.25, 0.3) is 0 Å². The van der Waals surface area contributed by atoms with E-state index in [1.165, 1.54) is 44.2 Å². The van der Waals surface area contributed by atoms with Gasteiger partial charge in [-0.05, 0) is 61.9 Å². The highest BCUT2D eigenvalue weighted by Gasteiger charge is 2.45. The van der Waals surface area contributed by atoms with Crippen LogP contribution in [0, 0.1) is 0 Å². The highest BCUT2D eigenvalue weighted by Crippen LogP contribution is 2.46. The van der Waals surface area contributed by atoms with E-state index in [1.807, 2.05) is 0 Å². The zero-order valence-electron chi connectivity index (χ0n) is 11.5. The van der Waals surface area contributed by atoms with Gasteiger partial charge in [0.05, 0.1) is 7.11 Å². The zero-order chi connectivity index (χ0) is 12.6. The molecule has 3 rings (SSSR count). The molecule has 1 N–H and O–H groups in total. The molecule has 2 aliphatic rings. The molecular weight excluding hydrogens is 222 g/mol. The van der Waals surface area contributed by atoms with E-state index in [-0.39, 0.29) is 0 Å². The zero-order valence-corrected chi connectivity index (χ0v) is 11.5. The first kappa shape index (κ1) is 12.0. The van der Waals surface area contributed by atoms with Crippen molar-refractivity contribution in [1.29, 1.82) is 0 Å². The van der Waals surface area contributed by atoms with E-state index in [1.54, 1.807) is 12.7 Å². The molecule has 0 aromatic heterocycles. The van der Waals surface area contributed by atoms with Crippen LogP contribution in [0.15, 0.2) is 18.2 Å². The molecule has 0 radical (unpaired) electrons. The summed E-state index contributed by atoms with van der Waals surface area (Å²) in [5.41, 5.74) is 3.50. The fourth-order valence-corrected chi connectivity index (χ4v) is 4.11. The summed E-state index contributed by atoms with van der Waals surface area (Å²) in [6.07, 6.45) is 6.40. The molecule has 1 aliphatic heterocycles. The molecule has 1 saturated heterocycles. The third kappa shape index (κ3) is 1.66. The summed E-state index contributed by atoms with van der Waals surface area (Å²) in [6, 6.07) is 7.37. The minimum atomic E-state index is 0.397. The van der Waals surface area contributed by atoms with Crippen molar-refractivity contribution >= 4 is 0 Å². The highest BCUT2D eigenvalue weighted by atomic mass is 16.5. The van der Waals surface area contributed by atoms with Gasteiger partial charge in [-0.1, -0.05) is 13.0 Å². The SMILES string of the molecule is CCC1NCCC12CCCc1cc(OC)ccc12. The number of hydrogen-bond donors (Lipinski definition) is 1. The summed E-state index contributed by atoms with van der Waals surface area (Å²) in [6.45, 7) is 3.48. The van der Waals surface area contributed by atoms with Crippen molar-refractivity contribution in [1.82, 2.24) is 5.32 Å². The molecule has 2 atom stereocenters. The van der Waals surface area contributed by atoms with Crippen LogP contribution in [-0.2, 0) is 11.8 Å². The van der Waals surface area contributed by atoms with Crippen LogP contribution in [-0.4, -0.2) is 19.7 Å². The van der Waals surface area contributed by atoms with Gasteiger partial charge in [0.2, 0.25) is 0 Å². The summed E-state index contributed by atoms with van der Waals surface area (Å²) < 4.78 is 5.37. The number of hydrogen-bond acceptors (Lipinski definition) is 2. The molecule has 18 heavy (non-hydrogen) atoms. The molecule has 2 nitrogen and oxygen atoms in total. The normalized spacial score (nSPS) is 30.4. The lowest BCUT2D eigenvalue weighted by Gasteiger charge is -2.40. The van der Waals surface area contributed by atoms with Crippen molar-refractivity contribution in [2.75, 3.05) is 13.7 Å². The lowest BCUT2D eigenvalue weighted by atomic mass is 9.65. The van der Waals surface area contributed by atoms with Gasteiger partial charge in [-0.2, -0.15) is 0 Å². The van der Waals surface area contributed by atoms with Gasteiger partial charge in [0.15, 0.2) is 0 Å². The molecule has 2 heteroatoms. The fraction of sp³-hybridized carbons (Fsp3) is 0.625. The molecule has 1 heterocycles. The second kappa shape index (κ2) is 4.58. The summed E-state index contributed by atoms with van der Waals surface area (Å²) in [4.78, 5) is 0. The Morgan fingerprint density at radius 3 is 3.06 bits per heavy atom. The average Bonchev–Trinajstić information content (AvgIpc) is 2.82. The third-order valence-electron chi connectivity index (χ3n) is 4.95. The van der Waals surface area contributed by atoms with Crippen molar-refractivity contribution in [3.8, 4) is 5.75 Å². The van der Waals surface area contributed by atoms with E-state index >= 15 is 0 Å². The number of aryl methyl sites for hydroxylation is 1. The smallest absolute Gasteiger partial charge is 0.119 e. The van der Waals surface area contributed by atoms with Crippen LogP contribution >= 0.6 is 0 Å². The van der Waals surface area contributed by atoms with E-state index in [2.05, 4.69) is 30.4 Å². The quantitative estimate of drug-likeness (QED) is 0.864. The van der Waals surface area contributed by atoms with Crippen molar-refractivity contribution < 1.29 is 4.74 Å². The minimum Gasteiger partial charge on any atom is -0.497 e. The van der Waals surface area contributed by atoms with Gasteiger partial charge in [0, 0.05) is 11.5 Å². The lowest BCUT2D eigenvalue weighted by Crippen LogP contribution is -2.42. The van der Waals surface area contributed by atoms with Crippen LogP contribution in [0.25, 0.3) is 0 Å². The maximum absolute atomic E-state index is 5.37. The van der Waals surface area contributed by atoms with E-state index in [0.717, 1.165) is 5.75 Å². The fourth-order valence-electron chi connectivity index (χ4n) is 4.11. The van der Waals surface area contributed by atoms with Gasteiger partial charge in [-0.3, -0.25) is 0 Å². The standard InChI is InChI=1S/C16H23NO/c1-3-15-16(9-10-17-15)8-4-5-12-11-13(18-2)6-7-14(12)16/h6-7,11,15,17H,3-5,8-10H2,1-2H3. The van der Waals surface area contributed by atoms with Gasteiger partial charge < -0.3 is 10.1 Å². The second-order valence-corrected chi connectivity index (χ2v) is 5.70. The van der Waals surface area contributed by atoms with Crippen LogP contribution < -0.4 is 10.1 Å². The lowest BCUT2D eigenvalue weighted by molar-refractivity contribution is 0.309. The van der Waals surface area contributed by atoms with E-state index < -0.39 is 0 Å². The maximum atomic E-state index is 5.37. The molecule has 0 amide bonds. The molecule has 1 aromatic carbocycles. The third-order valence-corrected chi connectivity index (χ3v) is 4.95. The monoisotopic (exact) mass is 245 g/mol. The number of fused-ring (bicyclic) bond motifs is 2. The molecule has 2 unspecified atom stereocenters. The molecule has 98 valence electrons. The molecule has 0 saturated carbocycles. The Kier molecular flexibility index (Phi) is 3.06. The van der Waals surface area contributed by atoms with E-state index in [4.69, 9.17) is 4.74 Å². The van der Waals surface area contributed by atoms with Crippen LogP contribution in [0.4, 0.5) is 0 Å². The van der Waals surface area contributed by atoms with E-state index in [9.17, 15) is 0 Å². The number of nitrogens with one attached hydrogen (secondary N) is 1. The summed E-state index contributed by atoms with van der Waals surface area (Å²) >= 11 is 0. The number of rotatable bonds is 2. The van der Waals surface area contributed by atoms with Crippen LogP contribution in [0.2, 0.25) is 0 Å². The predicted molar refractivity (Wildman–Crippen MR) is 74.3 cm³/mol. The predicted octanol–water partition coefficient (Wildman–Crippen LogP) is 3.04. The van der Waals surface area contributed by atoms with Gasteiger partial charge >= 0.3 is 0 Å². The Hall–Kier alpha value is -1.02. The van der Waals surface area contributed by atoms with Gasteiger partial charge in [0.1, 0.15) is 5.75 Å². The Morgan fingerprint density at radius 2 is 2.28 bits per heavy atom. The summed E-state index contributed by atoms with van der Waals surface area (Å²) in [5, 5.41) is 3.71. The van der Waals surface area contributed by atoms with E-state index in [0.29, 0.717) is 11.5 Å². The molecule has 1 fully saturated rings. The number of ether oxygens (including phenoxy) is 1. The summed E-state index contributed by atoms with van der Waals surface area (Å²) in [5.74, 6) is 1.00. The van der Waals surface area contributed by atoms with Crippen LogP contribution in [0.5, 0.6) is 5.75 Å². The Labute approximate surface area is 110 Å². The number of benzene rings is 1. The topological polar surface area (TPSA) is 21.3 Å². The van der Waals surface area contributed by atoms with Crippen molar-refractivity contribution in [2.45, 2.75) is 50.5 Å². The number of methoxy groups -OCH3 is 1. The van der Waals surface area contributed by atoms with Crippen molar-refractivity contribution in [2.24, 2.45) is 0 Å². The average molecular weight is 245 g/mol. The Morgan fingerprint density at radius 1 is 1.39 bits per heavy atom. The van der Waals surface area contributed by atoms with Gasteiger partial charge in [-0.15, -0.1) is 0 Å². The maximum Gasteiger partial charge on any atom is 0.119 e. The Balaban J connectivity index is 2.06. The van der Waals surface area contributed by atoms with Gasteiger partial charge in [-0.25, -0.2) is 0 Å². The molecule has 0 bridgehead atoms. The van der Waals surface area contributed by atoms with Crippen molar-refractivity contribution in [3.63, 3.8) is 0 Å². The van der Waals surface area contributed by atoms with Crippen molar-refractivity contribution in [3.05, 3.63) is 29.3 Å². The first-order chi connectivity index (χ1) is 8.80. The van der Waals surface area contributed by atoms with Crippen LogP contribution in [0.3, 0.4) is 0 Å². The Bertz CT molecular complexity index is 443. The summed E-state index contributed by atoms with van der Waals surface area (Å²) in [7, 11) is 1.76. The molecule has 1 aromatic rings. The highest BCUT2D eigenvalue weighted by molar-refractivity contribution is 5.44. The first-order valence-electron chi connectivity index (χ1n) is 7.21. The minimum absolute atomic E-state index is 0.397. The second-order valence-electron chi connectivity index (χ2n) is 5.70. The molecular formula is C16H23NO. The molecule has 1 spiro atoms. The largest absolute Gasteiger partial charge is 0.497 e. The molecule has 1 aliphatic carbocycles. The van der Waals surface area contributed by atoms with Crippen LogP contribution in [0.1, 0.15) is 43.7 Å².